The number of piperazine rings is 1. The Morgan fingerprint density at radius 2 is 1.80 bits per heavy atom. The maximum atomic E-state index is 13.0. The van der Waals surface area contributed by atoms with Crippen molar-refractivity contribution in [1.82, 2.24) is 13.5 Å². The van der Waals surface area contributed by atoms with Crippen LogP contribution in [0.4, 0.5) is 0 Å². The van der Waals surface area contributed by atoms with E-state index in [0.29, 0.717) is 44.0 Å². The minimum absolute atomic E-state index is 0.114. The van der Waals surface area contributed by atoms with Crippen LogP contribution in [0.1, 0.15) is 37.7 Å². The van der Waals surface area contributed by atoms with Crippen molar-refractivity contribution in [2.45, 2.75) is 44.2 Å². The van der Waals surface area contributed by atoms with Gasteiger partial charge < -0.3 is 9.84 Å². The predicted octanol–water partition coefficient (Wildman–Crippen LogP) is 1.42. The summed E-state index contributed by atoms with van der Waals surface area (Å²) in [5.41, 5.74) is 0.560. The number of hydrogen-bond acceptors (Lipinski definition) is 6. The fourth-order valence-electron chi connectivity index (χ4n) is 4.13. The Bertz CT molecular complexity index is 810. The van der Waals surface area contributed by atoms with Crippen molar-refractivity contribution in [3.05, 3.63) is 29.8 Å². The highest BCUT2D eigenvalue weighted by Gasteiger charge is 2.34. The lowest BCUT2D eigenvalue weighted by molar-refractivity contribution is 0.0561. The van der Waals surface area contributed by atoms with Crippen LogP contribution < -0.4 is 4.74 Å². The highest BCUT2D eigenvalue weighted by atomic mass is 32.2. The van der Waals surface area contributed by atoms with Gasteiger partial charge in [-0.1, -0.05) is 19.3 Å². The molecular formula is C21H32N4O4S. The molecule has 0 radical (unpaired) electrons. The molecule has 1 heterocycles. The average Bonchev–Trinajstić information content (AvgIpc) is 2.78. The van der Waals surface area contributed by atoms with Crippen LogP contribution in [-0.2, 0) is 10.2 Å². The van der Waals surface area contributed by atoms with Gasteiger partial charge in [0.2, 0.25) is 0 Å². The molecule has 1 atom stereocenters. The van der Waals surface area contributed by atoms with Gasteiger partial charge in [0.1, 0.15) is 18.5 Å². The Kier molecular flexibility index (Phi) is 8.08. The van der Waals surface area contributed by atoms with Crippen molar-refractivity contribution in [3.8, 4) is 11.8 Å². The number of β-amino-alcohol motifs (C(OH)–C–C–N with tert-alkyl or cyclic N) is 1. The molecule has 2 fully saturated rings. The number of rotatable bonds is 8. The highest BCUT2D eigenvalue weighted by Crippen LogP contribution is 2.25. The Labute approximate surface area is 179 Å². The maximum Gasteiger partial charge on any atom is 0.282 e. The summed E-state index contributed by atoms with van der Waals surface area (Å²) in [6, 6.07) is 8.92. The van der Waals surface area contributed by atoms with E-state index in [0.717, 1.165) is 25.7 Å². The van der Waals surface area contributed by atoms with Crippen molar-refractivity contribution < 1.29 is 18.3 Å². The standard InChI is InChI=1S/C21H32N4O4S/c1-23(19-5-3-2-4-6-19)30(27,28)25-13-11-24(12-14-25)16-20(26)17-29-21-9-7-18(15-22)8-10-21/h7-10,19-20,26H,2-6,11-14,16-17H2,1H3. The Morgan fingerprint density at radius 3 is 2.40 bits per heavy atom. The monoisotopic (exact) mass is 436 g/mol. The SMILES string of the molecule is CN(C1CCCCC1)S(=O)(=O)N1CCN(CC(O)COc2ccc(C#N)cc2)CC1. The van der Waals surface area contributed by atoms with Crippen molar-refractivity contribution >= 4 is 10.2 Å². The van der Waals surface area contributed by atoms with Crippen LogP contribution in [-0.4, -0.2) is 85.6 Å². The molecule has 1 aromatic rings. The van der Waals surface area contributed by atoms with Crippen LogP contribution in [0.3, 0.4) is 0 Å². The molecule has 1 aromatic carbocycles. The molecule has 166 valence electrons. The molecule has 0 amide bonds. The van der Waals surface area contributed by atoms with Crippen LogP contribution in [0.5, 0.6) is 5.75 Å². The van der Waals surface area contributed by atoms with E-state index in [2.05, 4.69) is 11.0 Å². The summed E-state index contributed by atoms with van der Waals surface area (Å²) < 4.78 is 34.6. The zero-order chi connectivity index (χ0) is 21.6. The van der Waals surface area contributed by atoms with Crippen LogP contribution in [0, 0.1) is 11.3 Å². The van der Waals surface area contributed by atoms with Gasteiger partial charge in [0.05, 0.1) is 11.6 Å². The first-order valence-corrected chi connectivity index (χ1v) is 12.1. The van der Waals surface area contributed by atoms with Crippen LogP contribution >= 0.6 is 0 Å². The van der Waals surface area contributed by atoms with Gasteiger partial charge in [-0.3, -0.25) is 4.90 Å². The molecule has 30 heavy (non-hydrogen) atoms. The largest absolute Gasteiger partial charge is 0.491 e. The van der Waals surface area contributed by atoms with Crippen LogP contribution in [0.2, 0.25) is 0 Å². The second-order valence-electron chi connectivity index (χ2n) is 8.12. The summed E-state index contributed by atoms with van der Waals surface area (Å²) in [5.74, 6) is 0.606. The van der Waals surface area contributed by atoms with E-state index >= 15 is 0 Å². The van der Waals surface area contributed by atoms with Crippen LogP contribution in [0.25, 0.3) is 0 Å². The third-order valence-corrected chi connectivity index (χ3v) is 8.05. The summed E-state index contributed by atoms with van der Waals surface area (Å²) in [6.07, 6.45) is 4.61. The van der Waals surface area contributed by atoms with Crippen molar-refractivity contribution in [3.63, 3.8) is 0 Å². The molecular weight excluding hydrogens is 404 g/mol. The zero-order valence-corrected chi connectivity index (χ0v) is 18.4. The number of nitrogens with zero attached hydrogens (tertiary/aromatic N) is 4. The van der Waals surface area contributed by atoms with E-state index in [1.807, 2.05) is 0 Å². The molecule has 0 bridgehead atoms. The average molecular weight is 437 g/mol. The predicted molar refractivity (Wildman–Crippen MR) is 114 cm³/mol. The first-order chi connectivity index (χ1) is 14.4. The topological polar surface area (TPSA) is 97.1 Å². The van der Waals surface area contributed by atoms with E-state index in [-0.39, 0.29) is 12.6 Å². The maximum absolute atomic E-state index is 13.0. The quantitative estimate of drug-likeness (QED) is 0.662. The third-order valence-electron chi connectivity index (χ3n) is 6.01. The van der Waals surface area contributed by atoms with E-state index in [1.54, 1.807) is 39.9 Å². The fourth-order valence-corrected chi connectivity index (χ4v) is 5.70. The summed E-state index contributed by atoms with van der Waals surface area (Å²) in [7, 11) is -1.73. The van der Waals surface area contributed by atoms with Gasteiger partial charge in [-0.2, -0.15) is 22.3 Å². The number of aliphatic hydroxyl groups is 1. The summed E-state index contributed by atoms with van der Waals surface area (Å²) in [4.78, 5) is 2.07. The molecule has 0 aromatic heterocycles. The smallest absolute Gasteiger partial charge is 0.282 e. The van der Waals surface area contributed by atoms with Gasteiger partial charge in [0, 0.05) is 45.8 Å². The lowest BCUT2D eigenvalue weighted by Crippen LogP contribution is -2.55. The van der Waals surface area contributed by atoms with Crippen LogP contribution in [0.15, 0.2) is 24.3 Å². The van der Waals surface area contributed by atoms with Gasteiger partial charge in [-0.15, -0.1) is 0 Å². The molecule has 1 aliphatic heterocycles. The van der Waals surface area contributed by atoms with E-state index < -0.39 is 16.3 Å². The van der Waals surface area contributed by atoms with Crippen molar-refractivity contribution in [2.24, 2.45) is 0 Å². The molecule has 1 aliphatic carbocycles. The zero-order valence-electron chi connectivity index (χ0n) is 17.6. The second kappa shape index (κ2) is 10.6. The van der Waals surface area contributed by atoms with Gasteiger partial charge in [0.15, 0.2) is 0 Å². The molecule has 9 heteroatoms. The molecule has 1 saturated heterocycles. The van der Waals surface area contributed by atoms with Gasteiger partial charge in [0.25, 0.3) is 10.2 Å². The minimum Gasteiger partial charge on any atom is -0.491 e. The molecule has 1 N–H and O–H groups in total. The second-order valence-corrected chi connectivity index (χ2v) is 10.1. The van der Waals surface area contributed by atoms with E-state index in [4.69, 9.17) is 10.00 Å². The summed E-state index contributed by atoms with van der Waals surface area (Å²) >= 11 is 0. The van der Waals surface area contributed by atoms with Gasteiger partial charge in [-0.05, 0) is 37.1 Å². The molecule has 3 rings (SSSR count). The highest BCUT2D eigenvalue weighted by molar-refractivity contribution is 7.86. The molecule has 1 saturated carbocycles. The van der Waals surface area contributed by atoms with Gasteiger partial charge >= 0.3 is 0 Å². The Hall–Kier alpha value is -1.70. The molecule has 2 aliphatic rings. The van der Waals surface area contributed by atoms with E-state index in [1.165, 1.54) is 6.42 Å². The Morgan fingerprint density at radius 1 is 1.17 bits per heavy atom. The number of benzene rings is 1. The number of nitriles is 1. The number of hydrogen-bond donors (Lipinski definition) is 1. The minimum atomic E-state index is -3.44. The first-order valence-electron chi connectivity index (χ1n) is 10.7. The lowest BCUT2D eigenvalue weighted by atomic mass is 9.96. The third kappa shape index (κ3) is 5.93. The van der Waals surface area contributed by atoms with E-state index in [9.17, 15) is 13.5 Å². The normalized spacial score (nSPS) is 20.7. The molecule has 0 spiro atoms. The molecule has 1 unspecified atom stereocenters. The Balaban J connectivity index is 1.42. The van der Waals surface area contributed by atoms with Crippen molar-refractivity contribution in [1.29, 1.82) is 5.26 Å². The summed E-state index contributed by atoms with van der Waals surface area (Å²) in [6.45, 7) is 2.62. The fraction of sp³-hybridized carbons (Fsp3) is 0.667. The molecule has 8 nitrogen and oxygen atoms in total. The first kappa shape index (κ1) is 23.0. The number of aliphatic hydroxyl groups excluding tert-OH is 1. The lowest BCUT2D eigenvalue weighted by Gasteiger charge is -2.39. The van der Waals surface area contributed by atoms with Gasteiger partial charge in [-0.25, -0.2) is 0 Å². The summed E-state index contributed by atoms with van der Waals surface area (Å²) in [5, 5.41) is 19.1. The van der Waals surface area contributed by atoms with Crippen molar-refractivity contribution in [2.75, 3.05) is 46.4 Å². The number of ether oxygens (including phenoxy) is 1.